The minimum Gasteiger partial charge on any atom is -0.392 e. The van der Waals surface area contributed by atoms with Crippen LogP contribution in [0.15, 0.2) is 30.9 Å². The summed E-state index contributed by atoms with van der Waals surface area (Å²) in [6.07, 6.45) is -3.21. The number of halogens is 4. The molecule has 3 rings (SSSR count). The molecule has 2 heterocycles. The number of hydrogen-bond donors (Lipinski definition) is 1. The van der Waals surface area contributed by atoms with Gasteiger partial charge in [0.2, 0.25) is 5.89 Å². The Balaban J connectivity index is 2.04. The molecule has 0 saturated carbocycles. The van der Waals surface area contributed by atoms with Gasteiger partial charge in [0.25, 0.3) is 12.0 Å². The van der Waals surface area contributed by atoms with Crippen LogP contribution >= 0.6 is 23.2 Å². The molecule has 1 N–H and O–H groups in total. The summed E-state index contributed by atoms with van der Waals surface area (Å²) in [5.74, 6) is -0.568. The number of benzene rings is 1. The van der Waals surface area contributed by atoms with Gasteiger partial charge in [0, 0.05) is 10.0 Å². The van der Waals surface area contributed by atoms with E-state index >= 15 is 0 Å². The maximum Gasteiger partial charge on any atom is 0.437 e. The molecule has 9 nitrogen and oxygen atoms in total. The largest absolute Gasteiger partial charge is 0.437 e. The molecule has 29 heavy (non-hydrogen) atoms. The summed E-state index contributed by atoms with van der Waals surface area (Å²) < 4.78 is 32.6. The summed E-state index contributed by atoms with van der Waals surface area (Å²) in [6.45, 7) is 3.51. The highest BCUT2D eigenvalue weighted by molar-refractivity contribution is 6.36. The normalized spacial score (nSPS) is 11.6. The van der Waals surface area contributed by atoms with Crippen LogP contribution in [0.1, 0.15) is 43.5 Å². The van der Waals surface area contributed by atoms with E-state index in [1.54, 1.807) is 18.8 Å². The highest BCUT2D eigenvalue weighted by Crippen LogP contribution is 2.29. The predicted molar refractivity (Wildman–Crippen MR) is 99.4 cm³/mol. The first-order chi connectivity index (χ1) is 13.6. The third-order valence-corrected chi connectivity index (χ3v) is 4.53. The van der Waals surface area contributed by atoms with E-state index in [4.69, 9.17) is 27.6 Å². The lowest BCUT2D eigenvalue weighted by Crippen LogP contribution is -2.34. The summed E-state index contributed by atoms with van der Waals surface area (Å²) in [4.78, 5) is 36.9. The molecule has 3 aromatic rings. The van der Waals surface area contributed by atoms with E-state index in [0.717, 1.165) is 4.68 Å². The van der Waals surface area contributed by atoms with Gasteiger partial charge in [-0.3, -0.25) is 9.78 Å². The van der Waals surface area contributed by atoms with Crippen LogP contribution in [-0.4, -0.2) is 24.5 Å². The second-order valence-electron chi connectivity index (χ2n) is 6.22. The second-order valence-corrected chi connectivity index (χ2v) is 7.04. The third kappa shape index (κ3) is 4.15. The van der Waals surface area contributed by atoms with Crippen molar-refractivity contribution in [1.29, 1.82) is 0 Å². The van der Waals surface area contributed by atoms with Gasteiger partial charge in [-0.05, 0) is 31.5 Å². The molecule has 1 aromatic carbocycles. The zero-order valence-electron chi connectivity index (χ0n) is 15.0. The number of nitrogens with zero attached hydrogens (tertiary/aromatic N) is 4. The monoisotopic (exact) mass is 447 g/mol. The van der Waals surface area contributed by atoms with Crippen molar-refractivity contribution in [2.45, 2.75) is 32.7 Å². The Morgan fingerprint density at radius 3 is 2.28 bits per heavy atom. The summed E-state index contributed by atoms with van der Waals surface area (Å²) in [6, 6.07) is 2.29. The van der Waals surface area contributed by atoms with E-state index in [2.05, 4.69) is 10.2 Å². The number of alkyl halides is 2. The Hall–Kier alpha value is -2.79. The molecule has 0 bridgehead atoms. The summed E-state index contributed by atoms with van der Waals surface area (Å²) in [5, 5.41) is 7.54. The zero-order valence-corrected chi connectivity index (χ0v) is 16.5. The molecule has 0 aliphatic heterocycles. The predicted octanol–water partition coefficient (Wildman–Crippen LogP) is 2.49. The first-order valence-corrected chi connectivity index (χ1v) is 8.92. The van der Waals surface area contributed by atoms with Gasteiger partial charge in [-0.1, -0.05) is 23.2 Å². The fourth-order valence-electron chi connectivity index (χ4n) is 2.49. The van der Waals surface area contributed by atoms with Crippen molar-refractivity contribution in [2.24, 2.45) is 0 Å². The van der Waals surface area contributed by atoms with Crippen molar-refractivity contribution in [3.8, 4) is 5.69 Å². The molecule has 0 amide bonds. The fraction of sp³-hybridized carbons (Fsp3) is 0.312. The lowest BCUT2D eigenvalue weighted by Gasteiger charge is -2.10. The maximum absolute atomic E-state index is 12.9. The molecule has 0 aliphatic carbocycles. The Labute approximate surface area is 170 Å². The van der Waals surface area contributed by atoms with Gasteiger partial charge >= 0.3 is 11.4 Å². The van der Waals surface area contributed by atoms with Crippen molar-refractivity contribution >= 4 is 23.2 Å². The SMILES string of the molecule is CC(C)n1nc(Cc2c(Cl)cc(-n3nc(C(F)F)c(=O)[nH]c3=O)cc2Cl)oc1=O. The van der Waals surface area contributed by atoms with Crippen LogP contribution in [0, 0.1) is 0 Å². The third-order valence-electron chi connectivity index (χ3n) is 3.86. The lowest BCUT2D eigenvalue weighted by molar-refractivity contribution is 0.141. The summed E-state index contributed by atoms with van der Waals surface area (Å²) in [5.41, 5.74) is -3.16. The summed E-state index contributed by atoms with van der Waals surface area (Å²) in [7, 11) is 0. The number of nitrogens with one attached hydrogen (secondary N) is 1. The Morgan fingerprint density at radius 2 is 1.76 bits per heavy atom. The van der Waals surface area contributed by atoms with Gasteiger partial charge in [-0.15, -0.1) is 5.10 Å². The highest BCUT2D eigenvalue weighted by Gasteiger charge is 2.20. The Bertz CT molecular complexity index is 1220. The molecule has 2 aromatic heterocycles. The molecule has 13 heteroatoms. The lowest BCUT2D eigenvalue weighted by atomic mass is 10.1. The van der Waals surface area contributed by atoms with Gasteiger partial charge < -0.3 is 4.42 Å². The maximum atomic E-state index is 12.9. The smallest absolute Gasteiger partial charge is 0.392 e. The van der Waals surface area contributed by atoms with Gasteiger partial charge in [-0.25, -0.2) is 18.4 Å². The van der Waals surface area contributed by atoms with Crippen molar-refractivity contribution in [3.05, 3.63) is 70.7 Å². The molecule has 0 saturated heterocycles. The standard InChI is InChI=1S/C16H13Cl2F2N5O4/c1-6(2)24-16(28)29-11(22-24)5-8-9(17)3-7(4-10(8)18)25-15(27)21-14(26)12(23-25)13(19)20/h3-4,6,13H,5H2,1-2H3,(H,21,26,27). The number of aromatic amines is 1. The molecular formula is C16H13Cl2F2N5O4. The van der Waals surface area contributed by atoms with Crippen LogP contribution in [-0.2, 0) is 6.42 Å². The molecule has 0 spiro atoms. The van der Waals surface area contributed by atoms with Crippen molar-refractivity contribution < 1.29 is 13.2 Å². The first kappa shape index (κ1) is 20.9. The van der Waals surface area contributed by atoms with Crippen LogP contribution < -0.4 is 17.0 Å². The number of aromatic nitrogens is 5. The molecular weight excluding hydrogens is 435 g/mol. The van der Waals surface area contributed by atoms with Crippen LogP contribution in [0.5, 0.6) is 0 Å². The first-order valence-electron chi connectivity index (χ1n) is 8.17. The van der Waals surface area contributed by atoms with Crippen LogP contribution in [0.3, 0.4) is 0 Å². The Morgan fingerprint density at radius 1 is 1.14 bits per heavy atom. The fourth-order valence-corrected chi connectivity index (χ4v) is 3.10. The van der Waals surface area contributed by atoms with Gasteiger partial charge in [0.15, 0.2) is 5.69 Å². The molecule has 154 valence electrons. The molecule has 0 atom stereocenters. The molecule has 0 aliphatic rings. The molecule has 0 radical (unpaired) electrons. The van der Waals surface area contributed by atoms with E-state index in [1.807, 2.05) is 0 Å². The average Bonchev–Trinajstić information content (AvgIpc) is 2.98. The quantitative estimate of drug-likeness (QED) is 0.642. The highest BCUT2D eigenvalue weighted by atomic mass is 35.5. The van der Waals surface area contributed by atoms with Crippen molar-refractivity contribution in [3.63, 3.8) is 0 Å². The van der Waals surface area contributed by atoms with Crippen molar-refractivity contribution in [2.75, 3.05) is 0 Å². The minimum atomic E-state index is -3.19. The van der Waals surface area contributed by atoms with Crippen LogP contribution in [0.4, 0.5) is 8.78 Å². The van der Waals surface area contributed by atoms with Gasteiger partial charge in [-0.2, -0.15) is 14.5 Å². The van der Waals surface area contributed by atoms with Gasteiger partial charge in [0.05, 0.1) is 18.2 Å². The minimum absolute atomic E-state index is 0.0247. The average molecular weight is 448 g/mol. The van der Waals surface area contributed by atoms with E-state index in [-0.39, 0.29) is 34.1 Å². The van der Waals surface area contributed by atoms with E-state index < -0.39 is 29.1 Å². The second kappa shape index (κ2) is 7.91. The van der Waals surface area contributed by atoms with Gasteiger partial charge in [0.1, 0.15) is 0 Å². The van der Waals surface area contributed by atoms with Crippen LogP contribution in [0.2, 0.25) is 10.0 Å². The molecule has 0 unspecified atom stereocenters. The van der Waals surface area contributed by atoms with E-state index in [9.17, 15) is 23.2 Å². The van der Waals surface area contributed by atoms with E-state index in [1.165, 1.54) is 12.1 Å². The molecule has 0 fully saturated rings. The zero-order chi connectivity index (χ0) is 21.5. The summed E-state index contributed by atoms with van der Waals surface area (Å²) >= 11 is 12.5. The number of rotatable bonds is 5. The number of H-pyrrole nitrogens is 1. The number of hydrogen-bond acceptors (Lipinski definition) is 6. The van der Waals surface area contributed by atoms with Crippen LogP contribution in [0.25, 0.3) is 5.69 Å². The van der Waals surface area contributed by atoms with E-state index in [0.29, 0.717) is 10.2 Å². The van der Waals surface area contributed by atoms with Crippen molar-refractivity contribution in [1.82, 2.24) is 24.5 Å². The Kier molecular flexibility index (Phi) is 5.71. The topological polar surface area (TPSA) is 116 Å².